The molecule has 150 valence electrons. The number of hydrogen-bond acceptors (Lipinski definition) is 6. The summed E-state index contributed by atoms with van der Waals surface area (Å²) in [5, 5.41) is 16.5. The monoisotopic (exact) mass is 382 g/mol. The molecule has 0 spiro atoms. The number of anilines is 3. The van der Waals surface area contributed by atoms with Gasteiger partial charge in [-0.15, -0.1) is 0 Å². The van der Waals surface area contributed by atoms with E-state index in [2.05, 4.69) is 74.3 Å². The number of hydrogen-bond donors (Lipinski definition) is 3. The van der Waals surface area contributed by atoms with E-state index in [1.807, 2.05) is 16.7 Å². The van der Waals surface area contributed by atoms with E-state index in [4.69, 9.17) is 4.98 Å². The lowest BCUT2D eigenvalue weighted by atomic mass is 9.87. The maximum Gasteiger partial charge on any atom is 0.227 e. The number of aliphatic hydroxyl groups excluding tert-OH is 1. The SMILES string of the molecule is Cc1cccc(Nc2nc(N[C@H](CO)C(C)(C)C)nc3c2ncn3C(C)C)c1. The molecule has 2 heterocycles. The van der Waals surface area contributed by atoms with Crippen molar-refractivity contribution in [2.24, 2.45) is 5.41 Å². The van der Waals surface area contributed by atoms with E-state index >= 15 is 0 Å². The van der Waals surface area contributed by atoms with Gasteiger partial charge >= 0.3 is 0 Å². The summed E-state index contributed by atoms with van der Waals surface area (Å²) >= 11 is 0. The van der Waals surface area contributed by atoms with E-state index in [0.29, 0.717) is 11.8 Å². The van der Waals surface area contributed by atoms with Gasteiger partial charge in [0.15, 0.2) is 17.0 Å². The molecule has 0 radical (unpaired) electrons. The first-order chi connectivity index (χ1) is 13.2. The molecule has 28 heavy (non-hydrogen) atoms. The minimum absolute atomic E-state index is 0.00498. The van der Waals surface area contributed by atoms with E-state index in [1.165, 1.54) is 0 Å². The molecule has 0 bridgehead atoms. The van der Waals surface area contributed by atoms with Crippen LogP contribution < -0.4 is 10.6 Å². The molecule has 0 aliphatic rings. The molecule has 0 amide bonds. The second kappa shape index (κ2) is 7.75. The van der Waals surface area contributed by atoms with Gasteiger partial charge in [-0.1, -0.05) is 32.9 Å². The highest BCUT2D eigenvalue weighted by molar-refractivity contribution is 5.86. The van der Waals surface area contributed by atoms with Gasteiger partial charge in [0.2, 0.25) is 5.95 Å². The number of aryl methyl sites for hydroxylation is 1. The zero-order chi connectivity index (χ0) is 20.5. The van der Waals surface area contributed by atoms with Gasteiger partial charge < -0.3 is 20.3 Å². The smallest absolute Gasteiger partial charge is 0.227 e. The average molecular weight is 383 g/mol. The number of aromatic nitrogens is 4. The summed E-state index contributed by atoms with van der Waals surface area (Å²) in [5.74, 6) is 1.11. The van der Waals surface area contributed by atoms with Crippen molar-refractivity contribution >= 4 is 28.6 Å². The fraction of sp³-hybridized carbons (Fsp3) is 0.476. The highest BCUT2D eigenvalue weighted by Crippen LogP contribution is 2.28. The Morgan fingerprint density at radius 3 is 2.54 bits per heavy atom. The van der Waals surface area contributed by atoms with E-state index in [9.17, 15) is 5.11 Å². The molecular formula is C21H30N6O. The van der Waals surface area contributed by atoms with Gasteiger partial charge in [0.05, 0.1) is 19.0 Å². The van der Waals surface area contributed by atoms with Gasteiger partial charge in [0.1, 0.15) is 0 Å². The van der Waals surface area contributed by atoms with Crippen molar-refractivity contribution < 1.29 is 5.11 Å². The van der Waals surface area contributed by atoms with Gasteiger partial charge in [-0.05, 0) is 43.9 Å². The number of fused-ring (bicyclic) bond motifs is 1. The standard InChI is InChI=1S/C21H30N6O/c1-13(2)27-12-22-17-18(23-15-9-7-8-14(3)10-15)25-20(26-19(17)27)24-16(11-28)21(4,5)6/h7-10,12-13,16,28H,11H2,1-6H3,(H2,23,24,25,26)/t16-/m1/s1. The van der Waals surface area contributed by atoms with Crippen molar-refractivity contribution in [1.82, 2.24) is 19.5 Å². The number of imidazole rings is 1. The zero-order valence-corrected chi connectivity index (χ0v) is 17.5. The average Bonchev–Trinajstić information content (AvgIpc) is 3.03. The fourth-order valence-corrected chi connectivity index (χ4v) is 3.00. The minimum atomic E-state index is -0.174. The van der Waals surface area contributed by atoms with Crippen LogP contribution in [0.15, 0.2) is 30.6 Å². The molecule has 0 unspecified atom stereocenters. The third kappa shape index (κ3) is 4.25. The van der Waals surface area contributed by atoms with Gasteiger partial charge in [-0.2, -0.15) is 9.97 Å². The van der Waals surface area contributed by atoms with Crippen LogP contribution in [0.4, 0.5) is 17.5 Å². The Bertz CT molecular complexity index is 957. The maximum absolute atomic E-state index is 9.82. The quantitative estimate of drug-likeness (QED) is 0.590. The predicted octanol–water partition coefficient (Wildman–Crippen LogP) is 4.28. The normalized spacial score (nSPS) is 13.1. The lowest BCUT2D eigenvalue weighted by Crippen LogP contribution is -2.37. The molecule has 2 aromatic heterocycles. The Kier molecular flexibility index (Phi) is 5.56. The van der Waals surface area contributed by atoms with Crippen molar-refractivity contribution in [3.8, 4) is 0 Å². The molecule has 1 atom stereocenters. The van der Waals surface area contributed by atoms with Gasteiger partial charge in [-0.25, -0.2) is 4.98 Å². The van der Waals surface area contributed by atoms with Crippen LogP contribution in [-0.4, -0.2) is 37.3 Å². The van der Waals surface area contributed by atoms with Gasteiger partial charge in [-0.3, -0.25) is 0 Å². The molecular weight excluding hydrogens is 352 g/mol. The van der Waals surface area contributed by atoms with Crippen molar-refractivity contribution in [1.29, 1.82) is 0 Å². The molecule has 1 aromatic carbocycles. The third-order valence-electron chi connectivity index (χ3n) is 4.79. The van der Waals surface area contributed by atoms with E-state index in [-0.39, 0.29) is 24.1 Å². The first-order valence-electron chi connectivity index (χ1n) is 9.64. The zero-order valence-electron chi connectivity index (χ0n) is 17.5. The largest absolute Gasteiger partial charge is 0.394 e. The molecule has 0 aliphatic carbocycles. The first kappa shape index (κ1) is 20.1. The summed E-state index contributed by atoms with van der Waals surface area (Å²) in [6.07, 6.45) is 1.79. The van der Waals surface area contributed by atoms with Crippen LogP contribution in [0.5, 0.6) is 0 Å². The summed E-state index contributed by atoms with van der Waals surface area (Å²) < 4.78 is 2.02. The second-order valence-corrected chi connectivity index (χ2v) is 8.55. The van der Waals surface area contributed by atoms with Crippen LogP contribution in [0.1, 0.15) is 46.2 Å². The molecule has 3 aromatic rings. The topological polar surface area (TPSA) is 87.9 Å². The van der Waals surface area contributed by atoms with Crippen LogP contribution in [0, 0.1) is 12.3 Å². The fourth-order valence-electron chi connectivity index (χ4n) is 3.00. The molecule has 3 rings (SSSR count). The lowest BCUT2D eigenvalue weighted by Gasteiger charge is -2.29. The first-order valence-corrected chi connectivity index (χ1v) is 9.64. The summed E-state index contributed by atoms with van der Waals surface area (Å²) in [4.78, 5) is 13.9. The molecule has 7 heteroatoms. The molecule has 0 saturated heterocycles. The molecule has 3 N–H and O–H groups in total. The van der Waals surface area contributed by atoms with Crippen molar-refractivity contribution in [3.05, 3.63) is 36.2 Å². The maximum atomic E-state index is 9.82. The van der Waals surface area contributed by atoms with Crippen LogP contribution in [0.25, 0.3) is 11.2 Å². The molecule has 7 nitrogen and oxygen atoms in total. The Morgan fingerprint density at radius 1 is 1.18 bits per heavy atom. The van der Waals surface area contributed by atoms with E-state index in [1.54, 1.807) is 6.33 Å². The predicted molar refractivity (Wildman–Crippen MR) is 114 cm³/mol. The Hall–Kier alpha value is -2.67. The summed E-state index contributed by atoms with van der Waals surface area (Å²) in [7, 11) is 0. The number of nitrogens with one attached hydrogen (secondary N) is 2. The summed E-state index contributed by atoms with van der Waals surface area (Å²) in [6, 6.07) is 8.16. The second-order valence-electron chi connectivity index (χ2n) is 8.55. The van der Waals surface area contributed by atoms with Crippen LogP contribution >= 0.6 is 0 Å². The Labute approximate surface area is 166 Å². The Balaban J connectivity index is 2.08. The van der Waals surface area contributed by atoms with Gasteiger partial charge in [0.25, 0.3) is 0 Å². The highest BCUT2D eigenvalue weighted by atomic mass is 16.3. The number of rotatable bonds is 6. The lowest BCUT2D eigenvalue weighted by molar-refractivity contribution is 0.201. The summed E-state index contributed by atoms with van der Waals surface area (Å²) in [6.45, 7) is 12.5. The van der Waals surface area contributed by atoms with Crippen LogP contribution in [0.2, 0.25) is 0 Å². The van der Waals surface area contributed by atoms with E-state index < -0.39 is 0 Å². The highest BCUT2D eigenvalue weighted by Gasteiger charge is 2.25. The number of aliphatic hydroxyl groups is 1. The minimum Gasteiger partial charge on any atom is -0.394 e. The Morgan fingerprint density at radius 2 is 1.93 bits per heavy atom. The van der Waals surface area contributed by atoms with Gasteiger partial charge in [0, 0.05) is 11.7 Å². The molecule has 0 saturated carbocycles. The van der Waals surface area contributed by atoms with Crippen molar-refractivity contribution in [3.63, 3.8) is 0 Å². The summed E-state index contributed by atoms with van der Waals surface area (Å²) in [5.41, 5.74) is 3.44. The van der Waals surface area contributed by atoms with Crippen molar-refractivity contribution in [2.75, 3.05) is 17.2 Å². The number of nitrogens with zero attached hydrogens (tertiary/aromatic N) is 4. The van der Waals surface area contributed by atoms with Crippen molar-refractivity contribution in [2.45, 2.75) is 53.6 Å². The molecule has 0 aliphatic heterocycles. The van der Waals surface area contributed by atoms with Crippen LogP contribution in [-0.2, 0) is 0 Å². The molecule has 0 fully saturated rings. The third-order valence-corrected chi connectivity index (χ3v) is 4.79. The van der Waals surface area contributed by atoms with E-state index in [0.717, 1.165) is 22.4 Å². The number of benzene rings is 1. The van der Waals surface area contributed by atoms with Crippen LogP contribution in [0.3, 0.4) is 0 Å².